The highest BCUT2D eigenvalue weighted by atomic mass is 16.6. The molecule has 6 nitrogen and oxygen atoms in total. The van der Waals surface area contributed by atoms with Crippen LogP contribution >= 0.6 is 0 Å². The zero-order chi connectivity index (χ0) is 19.3. The van der Waals surface area contributed by atoms with Gasteiger partial charge in [-0.1, -0.05) is 18.2 Å². The first-order chi connectivity index (χ1) is 13.6. The van der Waals surface area contributed by atoms with Gasteiger partial charge in [-0.05, 0) is 49.9 Å². The molecule has 3 aromatic rings. The lowest BCUT2D eigenvalue weighted by Crippen LogP contribution is -2.31. The lowest BCUT2D eigenvalue weighted by atomic mass is 9.75. The summed E-state index contributed by atoms with van der Waals surface area (Å²) in [7, 11) is 1.37. The normalized spacial score (nSPS) is 23.6. The van der Waals surface area contributed by atoms with Gasteiger partial charge >= 0.3 is 11.9 Å². The standard InChI is InChI=1S/C22H20N2O4/c1-27-20(25)14-6-7-17-18(12-14)24-19(23-17)13-8-10-22(11-9-13)16-5-3-2-4-15(16)21(26)28-22/h2-7,12-13H,8-11H2,1H3,(H,23,24)/t13-,22-. The molecule has 6 heteroatoms. The van der Waals surface area contributed by atoms with Gasteiger partial charge in [-0.15, -0.1) is 0 Å². The van der Waals surface area contributed by atoms with Crippen LogP contribution in [-0.4, -0.2) is 29.0 Å². The van der Waals surface area contributed by atoms with Gasteiger partial charge in [0.15, 0.2) is 0 Å². The van der Waals surface area contributed by atoms with Crippen LogP contribution in [0.15, 0.2) is 42.5 Å². The molecular weight excluding hydrogens is 356 g/mol. The summed E-state index contributed by atoms with van der Waals surface area (Å²) < 4.78 is 10.6. The van der Waals surface area contributed by atoms with Gasteiger partial charge in [0.25, 0.3) is 0 Å². The van der Waals surface area contributed by atoms with Crippen molar-refractivity contribution in [3.63, 3.8) is 0 Å². The highest BCUT2D eigenvalue weighted by Crippen LogP contribution is 2.49. The number of ether oxygens (including phenoxy) is 2. The minimum absolute atomic E-state index is 0.215. The van der Waals surface area contributed by atoms with E-state index in [1.54, 1.807) is 12.1 Å². The quantitative estimate of drug-likeness (QED) is 0.682. The Balaban J connectivity index is 1.39. The van der Waals surface area contributed by atoms with Crippen LogP contribution in [0.1, 0.15) is 63.7 Å². The molecule has 1 saturated carbocycles. The van der Waals surface area contributed by atoms with Gasteiger partial charge in [0, 0.05) is 11.5 Å². The summed E-state index contributed by atoms with van der Waals surface area (Å²) in [5.74, 6) is 0.608. The van der Waals surface area contributed by atoms with Gasteiger partial charge in [0.2, 0.25) is 0 Å². The highest BCUT2D eigenvalue weighted by molar-refractivity contribution is 5.95. The fraction of sp³-hybridized carbons (Fsp3) is 0.318. The van der Waals surface area contributed by atoms with Gasteiger partial charge in [0.1, 0.15) is 11.4 Å². The van der Waals surface area contributed by atoms with Crippen molar-refractivity contribution < 1.29 is 19.1 Å². The Morgan fingerprint density at radius 3 is 2.79 bits per heavy atom. The summed E-state index contributed by atoms with van der Waals surface area (Å²) in [6.07, 6.45) is 3.33. The largest absolute Gasteiger partial charge is 0.465 e. The number of imidazole rings is 1. The fourth-order valence-electron chi connectivity index (χ4n) is 4.54. The van der Waals surface area contributed by atoms with Crippen LogP contribution in [0.3, 0.4) is 0 Å². The van der Waals surface area contributed by atoms with E-state index in [0.717, 1.165) is 48.1 Å². The highest BCUT2D eigenvalue weighted by Gasteiger charge is 2.47. The second-order valence-electron chi connectivity index (χ2n) is 7.55. The molecule has 5 rings (SSSR count). The number of aromatic nitrogens is 2. The number of aromatic amines is 1. The molecule has 1 aliphatic heterocycles. The maximum Gasteiger partial charge on any atom is 0.339 e. The number of methoxy groups -OCH3 is 1. The maximum atomic E-state index is 12.2. The molecule has 1 N–H and O–H groups in total. The van der Waals surface area contributed by atoms with Gasteiger partial charge in [-0.25, -0.2) is 14.6 Å². The zero-order valence-electron chi connectivity index (χ0n) is 15.5. The van der Waals surface area contributed by atoms with Crippen molar-refractivity contribution in [1.82, 2.24) is 9.97 Å². The molecule has 0 bridgehead atoms. The Hall–Kier alpha value is -3.15. The van der Waals surface area contributed by atoms with Crippen LogP contribution in [0.2, 0.25) is 0 Å². The molecule has 0 amide bonds. The molecule has 1 fully saturated rings. The van der Waals surface area contributed by atoms with E-state index in [2.05, 4.69) is 4.98 Å². The van der Waals surface area contributed by atoms with Crippen LogP contribution in [0.5, 0.6) is 0 Å². The average Bonchev–Trinajstić information content (AvgIpc) is 3.27. The fourth-order valence-corrected chi connectivity index (χ4v) is 4.54. The van der Waals surface area contributed by atoms with Crippen molar-refractivity contribution in [3.05, 3.63) is 65.0 Å². The van der Waals surface area contributed by atoms with E-state index in [4.69, 9.17) is 14.5 Å². The Bertz CT molecular complexity index is 1090. The number of nitrogens with one attached hydrogen (secondary N) is 1. The van der Waals surface area contributed by atoms with E-state index in [0.29, 0.717) is 11.1 Å². The van der Waals surface area contributed by atoms with Gasteiger partial charge in [0.05, 0.1) is 29.3 Å². The van der Waals surface area contributed by atoms with Crippen LogP contribution in [0.25, 0.3) is 11.0 Å². The number of rotatable bonds is 2. The Morgan fingerprint density at radius 2 is 2.00 bits per heavy atom. The molecule has 1 spiro atoms. The number of nitrogens with zero attached hydrogens (tertiary/aromatic N) is 1. The minimum Gasteiger partial charge on any atom is -0.465 e. The average molecular weight is 376 g/mol. The van der Waals surface area contributed by atoms with Crippen LogP contribution in [0, 0.1) is 0 Å². The van der Waals surface area contributed by atoms with E-state index in [9.17, 15) is 9.59 Å². The van der Waals surface area contributed by atoms with Gasteiger partial charge in [-0.2, -0.15) is 0 Å². The lowest BCUT2D eigenvalue weighted by Gasteiger charge is -2.35. The number of hydrogen-bond acceptors (Lipinski definition) is 5. The van der Waals surface area contributed by atoms with Crippen LogP contribution in [-0.2, 0) is 15.1 Å². The maximum absolute atomic E-state index is 12.2. The number of H-pyrrole nitrogens is 1. The van der Waals surface area contributed by atoms with Gasteiger partial charge < -0.3 is 14.5 Å². The first-order valence-electron chi connectivity index (χ1n) is 9.50. The predicted octanol–water partition coefficient (Wildman–Crippen LogP) is 4.07. The first-order valence-corrected chi connectivity index (χ1v) is 9.50. The van der Waals surface area contributed by atoms with E-state index >= 15 is 0 Å². The van der Waals surface area contributed by atoms with Crippen LogP contribution < -0.4 is 0 Å². The Morgan fingerprint density at radius 1 is 1.21 bits per heavy atom. The molecule has 2 aromatic carbocycles. The molecule has 0 atom stereocenters. The van der Waals surface area contributed by atoms with Crippen molar-refractivity contribution in [2.75, 3.05) is 7.11 Å². The molecule has 0 radical (unpaired) electrons. The number of carbonyl (C=O) groups is 2. The molecule has 2 heterocycles. The molecule has 1 aromatic heterocycles. The van der Waals surface area contributed by atoms with E-state index < -0.39 is 5.60 Å². The second-order valence-corrected chi connectivity index (χ2v) is 7.55. The third-order valence-electron chi connectivity index (χ3n) is 6.03. The SMILES string of the molecule is COC(=O)c1ccc2[nH]c([C@H]3CC[C@@]4(CC3)OC(=O)c3ccccc34)nc2c1. The third-order valence-corrected chi connectivity index (χ3v) is 6.03. The predicted molar refractivity (Wildman–Crippen MR) is 102 cm³/mol. The number of hydrogen-bond donors (Lipinski definition) is 1. The molecule has 28 heavy (non-hydrogen) atoms. The summed E-state index contributed by atoms with van der Waals surface area (Å²) in [4.78, 5) is 32.1. The molecule has 142 valence electrons. The number of carbonyl (C=O) groups excluding carboxylic acids is 2. The summed E-state index contributed by atoms with van der Waals surface area (Å²) in [6.45, 7) is 0. The van der Waals surface area contributed by atoms with E-state index in [-0.39, 0.29) is 17.9 Å². The summed E-state index contributed by atoms with van der Waals surface area (Å²) in [5, 5.41) is 0. The van der Waals surface area contributed by atoms with Crippen molar-refractivity contribution in [3.8, 4) is 0 Å². The van der Waals surface area contributed by atoms with Gasteiger partial charge in [-0.3, -0.25) is 0 Å². The van der Waals surface area contributed by atoms with Crippen molar-refractivity contribution in [1.29, 1.82) is 0 Å². The monoisotopic (exact) mass is 376 g/mol. The zero-order valence-corrected chi connectivity index (χ0v) is 15.5. The van der Waals surface area contributed by atoms with E-state index in [1.165, 1.54) is 7.11 Å². The lowest BCUT2D eigenvalue weighted by molar-refractivity contribution is -0.0312. The molecular formula is C22H20N2O4. The molecule has 0 unspecified atom stereocenters. The smallest absolute Gasteiger partial charge is 0.339 e. The first kappa shape index (κ1) is 17.0. The van der Waals surface area contributed by atoms with Crippen LogP contribution in [0.4, 0.5) is 0 Å². The summed E-state index contributed by atoms with van der Waals surface area (Å²) in [5.41, 5.74) is 3.38. The molecule has 0 saturated heterocycles. The Labute approximate surface area is 161 Å². The van der Waals surface area contributed by atoms with Crippen molar-refractivity contribution in [2.24, 2.45) is 0 Å². The number of esters is 2. The molecule has 1 aliphatic carbocycles. The molecule has 2 aliphatic rings. The summed E-state index contributed by atoms with van der Waals surface area (Å²) >= 11 is 0. The van der Waals surface area contributed by atoms with E-state index in [1.807, 2.05) is 30.3 Å². The summed E-state index contributed by atoms with van der Waals surface area (Å²) in [6, 6.07) is 13.0. The van der Waals surface area contributed by atoms with Crippen molar-refractivity contribution in [2.45, 2.75) is 37.2 Å². The number of benzene rings is 2. The van der Waals surface area contributed by atoms with Crippen molar-refractivity contribution >= 4 is 23.0 Å². The third kappa shape index (κ3) is 2.52. The second kappa shape index (κ2) is 6.19. The minimum atomic E-state index is -0.492. The Kier molecular flexibility index (Phi) is 3.75. The topological polar surface area (TPSA) is 81.3 Å². The number of fused-ring (bicyclic) bond motifs is 3.